The number of aliphatic hydroxyl groups is 1. The summed E-state index contributed by atoms with van der Waals surface area (Å²) in [5.74, 6) is -0.984. The van der Waals surface area contributed by atoms with Gasteiger partial charge in [-0.15, -0.1) is 0 Å². The van der Waals surface area contributed by atoms with E-state index in [0.717, 1.165) is 0 Å². The minimum absolute atomic E-state index is 0.0134. The van der Waals surface area contributed by atoms with Crippen molar-refractivity contribution < 1.29 is 29.3 Å². The second-order valence-corrected chi connectivity index (χ2v) is 7.92. The fraction of sp³-hybridized carbons (Fsp3) is 0.360. The fourth-order valence-corrected chi connectivity index (χ4v) is 3.79. The van der Waals surface area contributed by atoms with Crippen molar-refractivity contribution in [2.75, 3.05) is 40.4 Å². The molecule has 0 spiro atoms. The number of benzene rings is 2. The van der Waals surface area contributed by atoms with Crippen molar-refractivity contribution in [2.24, 2.45) is 0 Å². The third kappa shape index (κ3) is 5.12. The van der Waals surface area contributed by atoms with Crippen molar-refractivity contribution in [3.05, 3.63) is 59.2 Å². The van der Waals surface area contributed by atoms with Crippen LogP contribution in [0.15, 0.2) is 48.0 Å². The fourth-order valence-electron chi connectivity index (χ4n) is 3.79. The molecule has 0 saturated carbocycles. The maximum atomic E-state index is 13.1. The first-order chi connectivity index (χ1) is 15.8. The van der Waals surface area contributed by atoms with E-state index in [1.54, 1.807) is 43.3 Å². The topological polar surface area (TPSA) is 99.5 Å². The molecule has 1 fully saturated rings. The molecular weight excluding hydrogens is 424 g/mol. The van der Waals surface area contributed by atoms with E-state index in [4.69, 9.17) is 9.47 Å². The number of hydrogen-bond donors (Lipinski definition) is 2. The van der Waals surface area contributed by atoms with Gasteiger partial charge in [-0.3, -0.25) is 9.59 Å². The Morgan fingerprint density at radius 2 is 1.79 bits per heavy atom. The number of ketones is 1. The number of phenolic OH excluding ortho intramolecular Hbond substituents is 1. The minimum Gasteiger partial charge on any atom is -0.507 e. The van der Waals surface area contributed by atoms with Crippen LogP contribution in [0.2, 0.25) is 0 Å². The SMILES string of the molecule is CCOc1cccc(/C(O)=C2/C(=O)C(=O)N(CCN(C)C)C2c2ccc(O)c(OCC)c2)c1. The Hall–Kier alpha value is -3.52. The van der Waals surface area contributed by atoms with Crippen LogP contribution in [0.5, 0.6) is 17.2 Å². The summed E-state index contributed by atoms with van der Waals surface area (Å²) in [4.78, 5) is 29.5. The van der Waals surface area contributed by atoms with Gasteiger partial charge in [-0.1, -0.05) is 18.2 Å². The molecule has 1 unspecified atom stereocenters. The van der Waals surface area contributed by atoms with E-state index in [2.05, 4.69) is 0 Å². The van der Waals surface area contributed by atoms with Gasteiger partial charge >= 0.3 is 0 Å². The first kappa shape index (κ1) is 24.1. The smallest absolute Gasteiger partial charge is 0.295 e. The Morgan fingerprint density at radius 3 is 2.45 bits per heavy atom. The molecule has 1 atom stereocenters. The van der Waals surface area contributed by atoms with Crippen molar-refractivity contribution in [2.45, 2.75) is 19.9 Å². The maximum absolute atomic E-state index is 13.1. The third-order valence-electron chi connectivity index (χ3n) is 5.35. The Bertz CT molecular complexity index is 1060. The molecule has 1 heterocycles. The summed E-state index contributed by atoms with van der Waals surface area (Å²) in [5, 5.41) is 21.3. The summed E-state index contributed by atoms with van der Waals surface area (Å²) in [6.45, 7) is 5.24. The summed E-state index contributed by atoms with van der Waals surface area (Å²) < 4.78 is 11.0. The lowest BCUT2D eigenvalue weighted by atomic mass is 9.95. The molecule has 2 aromatic carbocycles. The number of nitrogens with zero attached hydrogens (tertiary/aromatic N) is 2. The minimum atomic E-state index is -0.833. The lowest BCUT2D eigenvalue weighted by Crippen LogP contribution is -2.35. The predicted octanol–water partition coefficient (Wildman–Crippen LogP) is 3.17. The lowest BCUT2D eigenvalue weighted by Gasteiger charge is -2.27. The van der Waals surface area contributed by atoms with Gasteiger partial charge in [0.05, 0.1) is 24.8 Å². The largest absolute Gasteiger partial charge is 0.507 e. The summed E-state index contributed by atoms with van der Waals surface area (Å²) >= 11 is 0. The van der Waals surface area contributed by atoms with E-state index < -0.39 is 17.7 Å². The van der Waals surface area contributed by atoms with E-state index in [9.17, 15) is 19.8 Å². The molecule has 0 bridgehead atoms. The molecule has 0 aliphatic carbocycles. The van der Waals surface area contributed by atoms with Crippen LogP contribution in [-0.4, -0.2) is 72.1 Å². The third-order valence-corrected chi connectivity index (χ3v) is 5.35. The second-order valence-electron chi connectivity index (χ2n) is 7.92. The molecule has 0 radical (unpaired) electrons. The molecule has 1 saturated heterocycles. The van der Waals surface area contributed by atoms with E-state index in [0.29, 0.717) is 36.6 Å². The predicted molar refractivity (Wildman–Crippen MR) is 124 cm³/mol. The number of aliphatic hydroxyl groups excluding tert-OH is 1. The zero-order valence-corrected chi connectivity index (χ0v) is 19.4. The number of carbonyl (C=O) groups is 2. The van der Waals surface area contributed by atoms with Crippen LogP contribution in [0.4, 0.5) is 0 Å². The zero-order chi connectivity index (χ0) is 24.1. The molecule has 1 aliphatic heterocycles. The highest BCUT2D eigenvalue weighted by Crippen LogP contribution is 2.42. The summed E-state index contributed by atoms with van der Waals surface area (Å²) in [6, 6.07) is 10.6. The number of likely N-dealkylation sites (tertiary alicyclic amines) is 1. The van der Waals surface area contributed by atoms with Gasteiger partial charge < -0.3 is 29.5 Å². The van der Waals surface area contributed by atoms with Crippen molar-refractivity contribution in [3.8, 4) is 17.2 Å². The zero-order valence-electron chi connectivity index (χ0n) is 19.4. The molecule has 8 heteroatoms. The van der Waals surface area contributed by atoms with E-state index in [1.807, 2.05) is 25.9 Å². The van der Waals surface area contributed by atoms with Gasteiger partial charge in [-0.25, -0.2) is 0 Å². The Labute approximate surface area is 193 Å². The van der Waals surface area contributed by atoms with Crippen molar-refractivity contribution in [1.82, 2.24) is 9.80 Å². The molecule has 3 rings (SSSR count). The number of likely N-dealkylation sites (N-methyl/N-ethyl adjacent to an activating group) is 1. The summed E-state index contributed by atoms with van der Waals surface area (Å²) in [7, 11) is 3.75. The first-order valence-corrected chi connectivity index (χ1v) is 10.9. The van der Waals surface area contributed by atoms with Gasteiger partial charge in [0.1, 0.15) is 11.5 Å². The standard InChI is InChI=1S/C25H30N2O6/c1-5-32-18-9-7-8-17(14-18)23(29)21-22(16-10-11-19(28)20(15-16)33-6-2)27(13-12-26(3)4)25(31)24(21)30/h7-11,14-15,22,28-29H,5-6,12-13H2,1-4H3/b23-21-. The lowest BCUT2D eigenvalue weighted by molar-refractivity contribution is -0.140. The van der Waals surface area contributed by atoms with Crippen molar-refractivity contribution in [1.29, 1.82) is 0 Å². The highest BCUT2D eigenvalue weighted by Gasteiger charge is 2.46. The van der Waals surface area contributed by atoms with Crippen LogP contribution in [0, 0.1) is 0 Å². The van der Waals surface area contributed by atoms with E-state index >= 15 is 0 Å². The maximum Gasteiger partial charge on any atom is 0.295 e. The molecule has 2 aromatic rings. The van der Waals surface area contributed by atoms with Crippen LogP contribution in [0.3, 0.4) is 0 Å². The molecule has 176 valence electrons. The number of ether oxygens (including phenoxy) is 2. The number of phenols is 1. The monoisotopic (exact) mass is 454 g/mol. The molecule has 1 amide bonds. The Morgan fingerprint density at radius 1 is 1.06 bits per heavy atom. The molecule has 8 nitrogen and oxygen atoms in total. The number of Topliss-reactive ketones (excluding diaryl/α,β-unsaturated/α-hetero) is 1. The molecular formula is C25H30N2O6. The van der Waals surface area contributed by atoms with Crippen molar-refractivity contribution >= 4 is 17.4 Å². The van der Waals surface area contributed by atoms with Gasteiger partial charge in [-0.05, 0) is 57.8 Å². The van der Waals surface area contributed by atoms with Gasteiger partial charge in [0.2, 0.25) is 0 Å². The van der Waals surface area contributed by atoms with Crippen LogP contribution in [-0.2, 0) is 9.59 Å². The van der Waals surface area contributed by atoms with Gasteiger partial charge in [0.25, 0.3) is 11.7 Å². The first-order valence-electron chi connectivity index (χ1n) is 10.9. The summed E-state index contributed by atoms with van der Waals surface area (Å²) in [6.07, 6.45) is 0. The molecule has 0 aromatic heterocycles. The van der Waals surface area contributed by atoms with Gasteiger partial charge in [-0.2, -0.15) is 0 Å². The van der Waals surface area contributed by atoms with Gasteiger partial charge in [0, 0.05) is 18.7 Å². The molecule has 2 N–H and O–H groups in total. The van der Waals surface area contributed by atoms with Crippen LogP contribution in [0.25, 0.3) is 5.76 Å². The number of rotatable bonds is 9. The average Bonchev–Trinajstić information content (AvgIpc) is 3.04. The normalized spacial score (nSPS) is 17.6. The molecule has 33 heavy (non-hydrogen) atoms. The number of amides is 1. The molecule has 1 aliphatic rings. The highest BCUT2D eigenvalue weighted by molar-refractivity contribution is 6.46. The van der Waals surface area contributed by atoms with E-state index in [-0.39, 0.29) is 29.4 Å². The van der Waals surface area contributed by atoms with E-state index in [1.165, 1.54) is 11.0 Å². The summed E-state index contributed by atoms with van der Waals surface area (Å²) in [5.41, 5.74) is 0.914. The average molecular weight is 455 g/mol. The van der Waals surface area contributed by atoms with Crippen LogP contribution in [0.1, 0.15) is 31.0 Å². The number of hydrogen-bond acceptors (Lipinski definition) is 7. The second kappa shape index (κ2) is 10.4. The van der Waals surface area contributed by atoms with Crippen LogP contribution >= 0.6 is 0 Å². The number of aromatic hydroxyl groups is 1. The Balaban J connectivity index is 2.17. The number of carbonyl (C=O) groups excluding carboxylic acids is 2. The van der Waals surface area contributed by atoms with Crippen molar-refractivity contribution in [3.63, 3.8) is 0 Å². The van der Waals surface area contributed by atoms with Gasteiger partial charge in [0.15, 0.2) is 11.5 Å². The Kier molecular flexibility index (Phi) is 7.60. The highest BCUT2D eigenvalue weighted by atomic mass is 16.5. The van der Waals surface area contributed by atoms with Crippen LogP contribution < -0.4 is 9.47 Å². The quantitative estimate of drug-likeness (QED) is 0.341.